The van der Waals surface area contributed by atoms with Gasteiger partial charge in [-0.25, -0.2) is 4.98 Å². The number of phenols is 1. The molecule has 3 amide bonds. The van der Waals surface area contributed by atoms with Gasteiger partial charge < -0.3 is 39.7 Å². The molecule has 0 radical (unpaired) electrons. The average Bonchev–Trinajstić information content (AvgIpc) is 4.09. The van der Waals surface area contributed by atoms with Gasteiger partial charge >= 0.3 is 0 Å². The molecule has 4 aromatic heterocycles. The molecule has 322 valence electrons. The van der Waals surface area contributed by atoms with Gasteiger partial charge in [0.05, 0.1) is 33.9 Å². The van der Waals surface area contributed by atoms with Gasteiger partial charge in [0, 0.05) is 67.8 Å². The van der Waals surface area contributed by atoms with Crippen molar-refractivity contribution in [1.82, 2.24) is 40.4 Å². The monoisotopic (exact) mass is 857 g/mol. The number of H-pyrrole nitrogens is 1. The van der Waals surface area contributed by atoms with E-state index >= 15 is 0 Å². The number of aromatic hydroxyl groups is 1. The highest BCUT2D eigenvalue weighted by Gasteiger charge is 2.44. The number of aliphatic hydroxyl groups excluding tert-OH is 1. The zero-order valence-electron chi connectivity index (χ0n) is 35.2. The molecule has 0 unspecified atom stereocenters. The number of carbonyl (C=O) groups excluding carboxylic acids is 3. The van der Waals surface area contributed by atoms with Gasteiger partial charge in [0.25, 0.3) is 0 Å². The Morgan fingerprint density at radius 2 is 1.77 bits per heavy atom. The normalized spacial score (nSPS) is 20.1. The van der Waals surface area contributed by atoms with Gasteiger partial charge in [-0.1, -0.05) is 55.4 Å². The van der Waals surface area contributed by atoms with Crippen LogP contribution >= 0.6 is 11.3 Å². The third-order valence-electron chi connectivity index (χ3n) is 12.8. The van der Waals surface area contributed by atoms with Crippen LogP contribution in [0.5, 0.6) is 5.75 Å². The lowest BCUT2D eigenvalue weighted by atomic mass is 9.85. The van der Waals surface area contributed by atoms with Crippen molar-refractivity contribution in [2.45, 2.75) is 77.5 Å². The second-order valence-electron chi connectivity index (χ2n) is 17.2. The van der Waals surface area contributed by atoms with Gasteiger partial charge in [0.15, 0.2) is 17.2 Å². The minimum absolute atomic E-state index is 0.0460. The number of aryl methyl sites for hydroxylation is 2. The lowest BCUT2D eigenvalue weighted by Gasteiger charge is -2.37. The number of β-amino-alcohol motifs (C(OH)–C–C–N with tert-alkyl or cyclic N) is 1. The molecule has 2 aromatic carbocycles. The summed E-state index contributed by atoms with van der Waals surface area (Å²) < 4.78 is 5.87. The molecule has 62 heavy (non-hydrogen) atoms. The van der Waals surface area contributed by atoms with Crippen molar-refractivity contribution in [2.24, 2.45) is 11.8 Å². The lowest BCUT2D eigenvalue weighted by Crippen LogP contribution is -2.51. The summed E-state index contributed by atoms with van der Waals surface area (Å²) in [7, 11) is 0. The number of nitrogens with one attached hydrogen (secondary N) is 2. The van der Waals surface area contributed by atoms with Crippen molar-refractivity contribution in [3.05, 3.63) is 94.4 Å². The van der Waals surface area contributed by atoms with Crippen molar-refractivity contribution in [1.29, 1.82) is 0 Å². The number of aromatic nitrogens is 5. The Hall–Kier alpha value is -6.13. The number of piperazine rings is 1. The third-order valence-corrected chi connectivity index (χ3v) is 13.8. The molecule has 2 saturated heterocycles. The second kappa shape index (κ2) is 17.0. The zero-order chi connectivity index (χ0) is 43.2. The first-order chi connectivity index (χ1) is 29.9. The molecule has 6 heterocycles. The Morgan fingerprint density at radius 1 is 1.00 bits per heavy atom. The van der Waals surface area contributed by atoms with Crippen molar-refractivity contribution in [3.63, 3.8) is 0 Å². The molecule has 1 aliphatic carbocycles. The van der Waals surface area contributed by atoms with Crippen LogP contribution < -0.4 is 10.2 Å². The number of aromatic amines is 1. The summed E-state index contributed by atoms with van der Waals surface area (Å²) >= 11 is 1.59. The van der Waals surface area contributed by atoms with Crippen LogP contribution in [0.3, 0.4) is 0 Å². The summed E-state index contributed by atoms with van der Waals surface area (Å²) in [6.45, 7) is 9.94. The Kier molecular flexibility index (Phi) is 11.3. The van der Waals surface area contributed by atoms with E-state index < -0.39 is 18.1 Å². The molecule has 15 nitrogen and oxygen atoms in total. The van der Waals surface area contributed by atoms with Crippen LogP contribution in [0.4, 0.5) is 5.82 Å². The van der Waals surface area contributed by atoms with Gasteiger partial charge in [0.2, 0.25) is 17.7 Å². The minimum atomic E-state index is -0.838. The Balaban J connectivity index is 0.822. The average molecular weight is 858 g/mol. The number of rotatable bonds is 10. The van der Waals surface area contributed by atoms with Crippen LogP contribution in [-0.2, 0) is 27.2 Å². The highest BCUT2D eigenvalue weighted by molar-refractivity contribution is 7.13. The SMILES string of the molecule is Cc1ncsc1-c1ccc([C@H](C)NC(=O)[C@@H]2C[C@@H](O)CN2C(=O)[C@@H](c2cc(N3CCN(C(=O)[C@H]4CCc5[nH]c6nnc(-c7ccccc7O)cc6c5C4)CC3)no2)C(C)C)cc1. The van der Waals surface area contributed by atoms with E-state index in [0.29, 0.717) is 61.1 Å². The minimum Gasteiger partial charge on any atom is -0.507 e. The maximum Gasteiger partial charge on any atom is 0.243 e. The van der Waals surface area contributed by atoms with Crippen LogP contribution in [0.2, 0.25) is 0 Å². The molecule has 0 spiro atoms. The summed E-state index contributed by atoms with van der Waals surface area (Å²) in [6.07, 6.45) is 1.36. The fourth-order valence-corrected chi connectivity index (χ4v) is 10.2. The molecule has 5 atom stereocenters. The molecule has 0 saturated carbocycles. The first kappa shape index (κ1) is 41.2. The number of aliphatic hydroxyl groups is 1. The molecule has 2 fully saturated rings. The maximum atomic E-state index is 14.3. The van der Waals surface area contributed by atoms with E-state index in [1.54, 1.807) is 29.5 Å². The first-order valence-corrected chi connectivity index (χ1v) is 22.3. The molecular weight excluding hydrogens is 807 g/mol. The summed E-state index contributed by atoms with van der Waals surface area (Å²) in [5.74, 6) is -0.436. The number of hydrogen-bond donors (Lipinski definition) is 4. The predicted octanol–water partition coefficient (Wildman–Crippen LogP) is 5.78. The first-order valence-electron chi connectivity index (χ1n) is 21.4. The van der Waals surface area contributed by atoms with Gasteiger partial charge in [-0.05, 0) is 73.9 Å². The van der Waals surface area contributed by atoms with Crippen molar-refractivity contribution in [3.8, 4) is 27.4 Å². The highest BCUT2D eigenvalue weighted by Crippen LogP contribution is 2.37. The smallest absolute Gasteiger partial charge is 0.243 e. The largest absolute Gasteiger partial charge is 0.507 e. The number of likely N-dealkylation sites (tertiary alicyclic amines) is 1. The lowest BCUT2D eigenvalue weighted by molar-refractivity contribution is -0.141. The second-order valence-corrected chi connectivity index (χ2v) is 18.0. The van der Waals surface area contributed by atoms with Crippen molar-refractivity contribution < 1.29 is 29.1 Å². The van der Waals surface area contributed by atoms with E-state index in [2.05, 4.69) is 35.5 Å². The molecule has 0 bridgehead atoms. The quantitative estimate of drug-likeness (QED) is 0.131. The van der Waals surface area contributed by atoms with Gasteiger partial charge in [-0.3, -0.25) is 14.4 Å². The predicted molar refractivity (Wildman–Crippen MR) is 234 cm³/mol. The zero-order valence-corrected chi connectivity index (χ0v) is 36.1. The number of thiazole rings is 1. The van der Waals surface area contributed by atoms with E-state index in [0.717, 1.165) is 51.2 Å². The fourth-order valence-electron chi connectivity index (χ4n) is 9.35. The summed E-state index contributed by atoms with van der Waals surface area (Å²) in [6, 6.07) is 17.7. The Morgan fingerprint density at radius 3 is 2.50 bits per heavy atom. The van der Waals surface area contributed by atoms with Crippen molar-refractivity contribution >= 4 is 45.9 Å². The molecular formula is C46H51N9O6S. The number of carbonyl (C=O) groups is 3. The summed E-state index contributed by atoms with van der Waals surface area (Å²) in [5.41, 5.74) is 8.81. The summed E-state index contributed by atoms with van der Waals surface area (Å²) in [4.78, 5) is 56.4. The highest BCUT2D eigenvalue weighted by atomic mass is 32.1. The number of anilines is 1. The Bertz CT molecular complexity index is 2610. The van der Waals surface area contributed by atoms with E-state index in [4.69, 9.17) is 4.52 Å². The molecule has 16 heteroatoms. The standard InChI is InChI=1S/C46H51N9O6S/c1-25(2)41(46(60)55-23-31(56)20-37(55)44(58)48-26(3)28-9-11-29(12-10-28)42-27(4)47-24-62-42)39-22-40(52-61-39)53-15-17-54(18-16-53)45(59)30-13-14-35-33(19-30)34-21-36(50-51-43(34)49-35)32-7-5-6-8-38(32)57/h5-12,21-22,24-26,30-31,37,41,56-57H,13-20,23H2,1-4H3,(H,48,58)(H,49,51)/t26-,30-,31+,37-,41+/m0/s1. The van der Waals surface area contributed by atoms with Crippen LogP contribution in [0.25, 0.3) is 32.7 Å². The van der Waals surface area contributed by atoms with E-state index in [-0.39, 0.29) is 54.3 Å². The molecule has 6 aromatic rings. The number of fused-ring (bicyclic) bond motifs is 3. The van der Waals surface area contributed by atoms with Gasteiger partial charge in [0.1, 0.15) is 17.7 Å². The van der Waals surface area contributed by atoms with E-state index in [1.165, 1.54) is 4.90 Å². The summed E-state index contributed by atoms with van der Waals surface area (Å²) in [5, 5.41) is 38.3. The topological polar surface area (TPSA) is 194 Å². The number of nitrogens with zero attached hydrogens (tertiary/aromatic N) is 7. The number of para-hydroxylation sites is 1. The molecule has 9 rings (SSSR count). The van der Waals surface area contributed by atoms with Crippen LogP contribution in [0.15, 0.2) is 70.7 Å². The third kappa shape index (κ3) is 7.92. The fraction of sp³-hybridized carbons (Fsp3) is 0.413. The van der Waals surface area contributed by atoms with Gasteiger partial charge in [-0.2, -0.15) is 0 Å². The number of hydrogen-bond acceptors (Lipinski definition) is 12. The molecule has 4 N–H and O–H groups in total. The molecule has 3 aliphatic rings. The maximum absolute atomic E-state index is 14.3. The van der Waals surface area contributed by atoms with E-state index in [9.17, 15) is 24.6 Å². The number of phenolic OH excluding ortho intramolecular Hbond substituents is 1. The van der Waals surface area contributed by atoms with Crippen LogP contribution in [0, 0.1) is 18.8 Å². The number of amides is 3. The van der Waals surface area contributed by atoms with E-state index in [1.807, 2.05) is 80.6 Å². The van der Waals surface area contributed by atoms with Crippen LogP contribution in [0.1, 0.15) is 73.8 Å². The molecule has 2 aliphatic heterocycles. The Labute approximate surface area is 363 Å². The van der Waals surface area contributed by atoms with Gasteiger partial charge in [-0.15, -0.1) is 21.5 Å². The van der Waals surface area contributed by atoms with Crippen molar-refractivity contribution in [2.75, 3.05) is 37.6 Å². The number of benzene rings is 2. The van der Waals surface area contributed by atoms with Crippen LogP contribution in [-0.4, -0.2) is 108 Å².